The average molecular weight is 1050 g/mol. The summed E-state index contributed by atoms with van der Waals surface area (Å²) in [6, 6.07) is 0. The maximum Gasteiger partial charge on any atom is 0.306 e. The van der Waals surface area contributed by atoms with Crippen LogP contribution in [-0.4, -0.2) is 37.2 Å². The molecule has 0 heterocycles. The summed E-state index contributed by atoms with van der Waals surface area (Å²) < 4.78 is 16.8. The van der Waals surface area contributed by atoms with E-state index in [0.717, 1.165) is 96.3 Å². The predicted molar refractivity (Wildman–Crippen MR) is 325 cm³/mol. The van der Waals surface area contributed by atoms with Crippen molar-refractivity contribution in [3.05, 3.63) is 72.9 Å². The maximum absolute atomic E-state index is 12.9. The first-order valence-corrected chi connectivity index (χ1v) is 32.4. The van der Waals surface area contributed by atoms with E-state index in [1.807, 2.05) is 0 Å². The Bertz CT molecular complexity index is 1390. The van der Waals surface area contributed by atoms with E-state index >= 15 is 0 Å². The highest BCUT2D eigenvalue weighted by Gasteiger charge is 2.19. The van der Waals surface area contributed by atoms with Gasteiger partial charge >= 0.3 is 17.9 Å². The number of unbranched alkanes of at least 4 members (excludes halogenated alkanes) is 36. The van der Waals surface area contributed by atoms with Crippen molar-refractivity contribution in [2.75, 3.05) is 13.2 Å². The van der Waals surface area contributed by atoms with Gasteiger partial charge in [-0.15, -0.1) is 0 Å². The number of hydrogen-bond acceptors (Lipinski definition) is 6. The summed E-state index contributed by atoms with van der Waals surface area (Å²) >= 11 is 0. The quantitative estimate of drug-likeness (QED) is 0.0261. The molecule has 434 valence electrons. The van der Waals surface area contributed by atoms with Gasteiger partial charge < -0.3 is 14.2 Å². The van der Waals surface area contributed by atoms with Gasteiger partial charge in [0.25, 0.3) is 0 Å². The Hall–Kier alpha value is -3.15. The van der Waals surface area contributed by atoms with Gasteiger partial charge in [-0.05, 0) is 89.9 Å². The first-order valence-electron chi connectivity index (χ1n) is 32.4. The topological polar surface area (TPSA) is 78.9 Å². The van der Waals surface area contributed by atoms with Crippen molar-refractivity contribution in [2.24, 2.45) is 0 Å². The number of rotatable bonds is 59. The molecule has 0 radical (unpaired) electrons. The van der Waals surface area contributed by atoms with Crippen LogP contribution in [0.4, 0.5) is 0 Å². The molecule has 1 atom stereocenters. The van der Waals surface area contributed by atoms with Crippen molar-refractivity contribution < 1.29 is 28.6 Å². The third-order valence-corrected chi connectivity index (χ3v) is 14.2. The van der Waals surface area contributed by atoms with Crippen LogP contribution < -0.4 is 0 Å². The second kappa shape index (κ2) is 63.4. The van der Waals surface area contributed by atoms with E-state index in [9.17, 15) is 14.4 Å². The molecule has 0 aliphatic rings. The monoisotopic (exact) mass is 1050 g/mol. The van der Waals surface area contributed by atoms with Crippen molar-refractivity contribution in [1.29, 1.82) is 0 Å². The summed E-state index contributed by atoms with van der Waals surface area (Å²) in [5.74, 6) is -0.907. The maximum atomic E-state index is 12.9. The standard InChI is InChI=1S/C69H122O6/c1-4-7-10-13-16-19-21-23-25-27-29-30-31-32-33-34-35-36-37-38-40-41-43-45-47-50-53-56-59-62-68(71)74-65-66(64-73-67(70)61-58-55-52-49-18-15-12-9-6-3)75-69(72)63-60-57-54-51-48-46-44-42-39-28-26-24-22-20-17-14-11-8-5-2/h8,11,17,20,24,26-27,29,39,42,46,48,66H,4-7,9-10,12-16,18-19,21-23,25,28,30-38,40-41,43-45,47,49-65H2,1-3H3/b11-8-,20-17-,26-24-,29-27-,42-39-,48-46-. The van der Waals surface area contributed by atoms with Crippen LogP contribution >= 0.6 is 0 Å². The molecule has 0 saturated carbocycles. The van der Waals surface area contributed by atoms with Gasteiger partial charge in [0.15, 0.2) is 6.10 Å². The second-order valence-electron chi connectivity index (χ2n) is 21.6. The summed E-state index contributed by atoms with van der Waals surface area (Å²) in [6.07, 6.45) is 82.2. The van der Waals surface area contributed by atoms with Gasteiger partial charge in [0.05, 0.1) is 0 Å². The van der Waals surface area contributed by atoms with E-state index in [1.165, 1.54) is 193 Å². The molecule has 0 rings (SSSR count). The molecule has 0 N–H and O–H groups in total. The molecule has 6 nitrogen and oxygen atoms in total. The van der Waals surface area contributed by atoms with Crippen molar-refractivity contribution in [2.45, 2.75) is 335 Å². The third-order valence-electron chi connectivity index (χ3n) is 14.2. The lowest BCUT2D eigenvalue weighted by atomic mass is 10.0. The Morgan fingerprint density at radius 1 is 0.280 bits per heavy atom. The molecule has 0 aliphatic carbocycles. The molecule has 0 bridgehead atoms. The molecule has 0 aromatic heterocycles. The molecule has 0 aromatic rings. The van der Waals surface area contributed by atoms with E-state index in [2.05, 4.69) is 93.7 Å². The van der Waals surface area contributed by atoms with Crippen LogP contribution in [0.2, 0.25) is 0 Å². The highest BCUT2D eigenvalue weighted by atomic mass is 16.6. The Morgan fingerprint density at radius 2 is 0.520 bits per heavy atom. The Balaban J connectivity index is 4.17. The largest absolute Gasteiger partial charge is 0.462 e. The summed E-state index contributed by atoms with van der Waals surface area (Å²) in [4.78, 5) is 38.1. The summed E-state index contributed by atoms with van der Waals surface area (Å²) in [7, 11) is 0. The fraction of sp³-hybridized carbons (Fsp3) is 0.783. The first kappa shape index (κ1) is 71.8. The second-order valence-corrected chi connectivity index (χ2v) is 21.6. The number of carbonyl (C=O) groups is 3. The molecular formula is C69H122O6. The van der Waals surface area contributed by atoms with E-state index in [4.69, 9.17) is 14.2 Å². The van der Waals surface area contributed by atoms with Gasteiger partial charge in [-0.2, -0.15) is 0 Å². The molecule has 0 aromatic carbocycles. The van der Waals surface area contributed by atoms with E-state index < -0.39 is 6.10 Å². The number of hydrogen-bond donors (Lipinski definition) is 0. The number of esters is 3. The molecule has 0 fully saturated rings. The highest BCUT2D eigenvalue weighted by molar-refractivity contribution is 5.71. The zero-order valence-electron chi connectivity index (χ0n) is 49.8. The fourth-order valence-corrected chi connectivity index (χ4v) is 9.35. The van der Waals surface area contributed by atoms with Crippen LogP contribution in [0.3, 0.4) is 0 Å². The van der Waals surface area contributed by atoms with Crippen LogP contribution in [0.25, 0.3) is 0 Å². The summed E-state index contributed by atoms with van der Waals surface area (Å²) in [5.41, 5.74) is 0. The third kappa shape index (κ3) is 61.6. The predicted octanol–water partition coefficient (Wildman–Crippen LogP) is 22.1. The molecule has 0 spiro atoms. The SMILES string of the molecule is CC/C=C\C/C=C\C/C=C\C/C=C\C/C=C\CCCCCC(=O)OC(COC(=O)CCCCCCCCCCC)COC(=O)CCCCCCCCCCCCCCCCCCC/C=C\CCCCCCCCCC. The normalized spacial score (nSPS) is 12.5. The van der Waals surface area contributed by atoms with Crippen molar-refractivity contribution in [1.82, 2.24) is 0 Å². The molecule has 75 heavy (non-hydrogen) atoms. The fourth-order valence-electron chi connectivity index (χ4n) is 9.35. The average Bonchev–Trinajstić information content (AvgIpc) is 3.41. The zero-order valence-corrected chi connectivity index (χ0v) is 49.8. The molecular weight excluding hydrogens is 925 g/mol. The van der Waals surface area contributed by atoms with Crippen LogP contribution in [-0.2, 0) is 28.6 Å². The van der Waals surface area contributed by atoms with Gasteiger partial charge in [0, 0.05) is 19.3 Å². The summed E-state index contributed by atoms with van der Waals surface area (Å²) in [6.45, 7) is 6.51. The lowest BCUT2D eigenvalue weighted by Gasteiger charge is -2.18. The first-order chi connectivity index (χ1) is 37.0. The number of carbonyl (C=O) groups excluding carboxylic acids is 3. The minimum Gasteiger partial charge on any atom is -0.462 e. The Morgan fingerprint density at radius 3 is 0.840 bits per heavy atom. The highest BCUT2D eigenvalue weighted by Crippen LogP contribution is 2.17. The lowest BCUT2D eigenvalue weighted by molar-refractivity contribution is -0.167. The molecule has 1 unspecified atom stereocenters. The molecule has 0 saturated heterocycles. The van der Waals surface area contributed by atoms with E-state index in [0.29, 0.717) is 19.3 Å². The van der Waals surface area contributed by atoms with E-state index in [1.54, 1.807) is 0 Å². The Labute approximate surface area is 465 Å². The van der Waals surface area contributed by atoms with Crippen LogP contribution in [0, 0.1) is 0 Å². The molecule has 0 aliphatic heterocycles. The van der Waals surface area contributed by atoms with Crippen LogP contribution in [0.1, 0.15) is 329 Å². The van der Waals surface area contributed by atoms with Crippen LogP contribution in [0.15, 0.2) is 72.9 Å². The van der Waals surface area contributed by atoms with Crippen molar-refractivity contribution in [3.63, 3.8) is 0 Å². The minimum absolute atomic E-state index is 0.0856. The van der Waals surface area contributed by atoms with Gasteiger partial charge in [0.1, 0.15) is 13.2 Å². The van der Waals surface area contributed by atoms with Crippen molar-refractivity contribution in [3.8, 4) is 0 Å². The number of allylic oxidation sites excluding steroid dienone is 12. The van der Waals surface area contributed by atoms with Crippen molar-refractivity contribution >= 4 is 17.9 Å². The minimum atomic E-state index is -0.790. The molecule has 0 amide bonds. The zero-order chi connectivity index (χ0) is 54.3. The molecule has 6 heteroatoms. The Kier molecular flexibility index (Phi) is 60.7. The van der Waals surface area contributed by atoms with Crippen LogP contribution in [0.5, 0.6) is 0 Å². The van der Waals surface area contributed by atoms with E-state index in [-0.39, 0.29) is 31.1 Å². The number of ether oxygens (including phenoxy) is 3. The smallest absolute Gasteiger partial charge is 0.306 e. The van der Waals surface area contributed by atoms with Gasteiger partial charge in [-0.25, -0.2) is 0 Å². The van der Waals surface area contributed by atoms with Gasteiger partial charge in [-0.3, -0.25) is 14.4 Å². The lowest BCUT2D eigenvalue weighted by Crippen LogP contribution is -2.30. The summed E-state index contributed by atoms with van der Waals surface area (Å²) in [5, 5.41) is 0. The van der Waals surface area contributed by atoms with Gasteiger partial charge in [0.2, 0.25) is 0 Å². The van der Waals surface area contributed by atoms with Gasteiger partial charge in [-0.1, -0.05) is 293 Å².